The van der Waals surface area contributed by atoms with Crippen molar-refractivity contribution >= 4 is 0 Å². The molecule has 16 heavy (non-hydrogen) atoms. The maximum Gasteiger partial charge on any atom is 0.132 e. The van der Waals surface area contributed by atoms with Crippen molar-refractivity contribution in [2.24, 2.45) is 5.92 Å². The minimum absolute atomic E-state index is 0.191. The lowest BCUT2D eigenvalue weighted by molar-refractivity contribution is 0.523. The molecule has 0 unspecified atom stereocenters. The molecular formula is C13H19F2N. The highest BCUT2D eigenvalue weighted by Gasteiger charge is 2.10. The van der Waals surface area contributed by atoms with Gasteiger partial charge in [-0.25, -0.2) is 8.78 Å². The highest BCUT2D eigenvalue weighted by molar-refractivity contribution is 5.26. The zero-order valence-electron chi connectivity index (χ0n) is 10.1. The smallest absolute Gasteiger partial charge is 0.132 e. The van der Waals surface area contributed by atoms with Crippen molar-refractivity contribution in [2.75, 3.05) is 13.1 Å². The summed E-state index contributed by atoms with van der Waals surface area (Å²) in [5.74, 6) is -0.312. The van der Waals surface area contributed by atoms with Gasteiger partial charge >= 0.3 is 0 Å². The first-order chi connectivity index (χ1) is 7.52. The van der Waals surface area contributed by atoms with E-state index in [0.29, 0.717) is 24.4 Å². The van der Waals surface area contributed by atoms with E-state index in [9.17, 15) is 8.78 Å². The van der Waals surface area contributed by atoms with Gasteiger partial charge in [-0.15, -0.1) is 0 Å². The summed E-state index contributed by atoms with van der Waals surface area (Å²) >= 11 is 0. The highest BCUT2D eigenvalue weighted by atomic mass is 19.1. The monoisotopic (exact) mass is 227 g/mol. The summed E-state index contributed by atoms with van der Waals surface area (Å²) in [4.78, 5) is 0. The lowest BCUT2D eigenvalue weighted by atomic mass is 10.1. The number of benzene rings is 1. The van der Waals surface area contributed by atoms with Crippen LogP contribution >= 0.6 is 0 Å². The van der Waals surface area contributed by atoms with E-state index in [-0.39, 0.29) is 5.56 Å². The second-order valence-corrected chi connectivity index (χ2v) is 4.50. The molecule has 0 aliphatic rings. The molecule has 1 N–H and O–H groups in total. The molecule has 0 atom stereocenters. The third-order valence-corrected chi connectivity index (χ3v) is 2.48. The first-order valence-electron chi connectivity index (χ1n) is 5.66. The molecule has 0 aromatic heterocycles. The average molecular weight is 227 g/mol. The van der Waals surface area contributed by atoms with Crippen molar-refractivity contribution in [3.05, 3.63) is 34.9 Å². The van der Waals surface area contributed by atoms with Crippen LogP contribution in [0.2, 0.25) is 0 Å². The van der Waals surface area contributed by atoms with E-state index < -0.39 is 11.6 Å². The lowest BCUT2D eigenvalue weighted by Gasteiger charge is -2.09. The number of nitrogens with one attached hydrogen (secondary N) is 1. The molecule has 0 saturated heterocycles. The molecule has 1 aromatic carbocycles. The van der Waals surface area contributed by atoms with E-state index in [1.165, 1.54) is 12.1 Å². The van der Waals surface area contributed by atoms with E-state index in [0.717, 1.165) is 6.54 Å². The third-order valence-electron chi connectivity index (χ3n) is 2.48. The van der Waals surface area contributed by atoms with Crippen LogP contribution in [0.5, 0.6) is 0 Å². The van der Waals surface area contributed by atoms with E-state index in [1.807, 2.05) is 0 Å². The second kappa shape index (κ2) is 5.94. The fraction of sp³-hybridized carbons (Fsp3) is 0.538. The number of rotatable bonds is 5. The van der Waals surface area contributed by atoms with Crippen molar-refractivity contribution in [1.82, 2.24) is 5.32 Å². The Kier molecular flexibility index (Phi) is 4.87. The van der Waals surface area contributed by atoms with Gasteiger partial charge in [-0.2, -0.15) is 0 Å². The van der Waals surface area contributed by atoms with Gasteiger partial charge in [0.05, 0.1) is 0 Å². The van der Waals surface area contributed by atoms with Crippen LogP contribution in [0.3, 0.4) is 0 Å². The molecule has 0 fully saturated rings. The molecule has 1 aromatic rings. The SMILES string of the molecule is Cc1ccc(F)c(CCNCC(C)C)c1F. The molecule has 0 aliphatic heterocycles. The predicted octanol–water partition coefficient (Wildman–Crippen LogP) is 3.06. The molecule has 0 saturated carbocycles. The van der Waals surface area contributed by atoms with Crippen LogP contribution in [0.15, 0.2) is 12.1 Å². The van der Waals surface area contributed by atoms with Gasteiger partial charge in [-0.3, -0.25) is 0 Å². The molecular weight excluding hydrogens is 208 g/mol. The average Bonchev–Trinajstić information content (AvgIpc) is 2.22. The molecule has 90 valence electrons. The summed E-state index contributed by atoms with van der Waals surface area (Å²) in [6.45, 7) is 7.33. The van der Waals surface area contributed by atoms with Crippen LogP contribution in [0, 0.1) is 24.5 Å². The number of hydrogen-bond donors (Lipinski definition) is 1. The van der Waals surface area contributed by atoms with Gasteiger partial charge in [0.1, 0.15) is 11.6 Å². The molecule has 1 nitrogen and oxygen atoms in total. The van der Waals surface area contributed by atoms with Crippen LogP contribution in [-0.4, -0.2) is 13.1 Å². The maximum atomic E-state index is 13.6. The van der Waals surface area contributed by atoms with Crippen molar-refractivity contribution in [2.45, 2.75) is 27.2 Å². The van der Waals surface area contributed by atoms with Gasteiger partial charge < -0.3 is 5.32 Å². The van der Waals surface area contributed by atoms with Crippen LogP contribution in [-0.2, 0) is 6.42 Å². The van der Waals surface area contributed by atoms with Gasteiger partial charge in [0.15, 0.2) is 0 Å². The Balaban J connectivity index is 2.56. The van der Waals surface area contributed by atoms with Crippen molar-refractivity contribution in [1.29, 1.82) is 0 Å². The predicted molar refractivity (Wildman–Crippen MR) is 62.5 cm³/mol. The van der Waals surface area contributed by atoms with Gasteiger partial charge in [0, 0.05) is 5.56 Å². The Morgan fingerprint density at radius 2 is 1.94 bits per heavy atom. The van der Waals surface area contributed by atoms with E-state index in [1.54, 1.807) is 6.92 Å². The molecule has 0 heterocycles. The Bertz CT molecular complexity index is 348. The number of halogens is 2. The molecule has 0 aliphatic carbocycles. The Morgan fingerprint density at radius 1 is 1.25 bits per heavy atom. The third kappa shape index (κ3) is 3.56. The highest BCUT2D eigenvalue weighted by Crippen LogP contribution is 2.16. The van der Waals surface area contributed by atoms with E-state index in [2.05, 4.69) is 19.2 Å². The van der Waals surface area contributed by atoms with Crippen molar-refractivity contribution in [3.8, 4) is 0 Å². The number of aryl methyl sites for hydroxylation is 1. The summed E-state index contributed by atoms with van der Waals surface area (Å²) in [5.41, 5.74) is 0.691. The van der Waals surface area contributed by atoms with Crippen LogP contribution in [0.25, 0.3) is 0 Å². The maximum absolute atomic E-state index is 13.6. The topological polar surface area (TPSA) is 12.0 Å². The van der Waals surface area contributed by atoms with E-state index in [4.69, 9.17) is 0 Å². The normalized spacial score (nSPS) is 11.1. The van der Waals surface area contributed by atoms with Crippen LogP contribution in [0.4, 0.5) is 8.78 Å². The molecule has 3 heteroatoms. The number of hydrogen-bond acceptors (Lipinski definition) is 1. The van der Waals surface area contributed by atoms with Crippen molar-refractivity contribution < 1.29 is 8.78 Å². The molecule has 0 bridgehead atoms. The summed E-state index contributed by atoms with van der Waals surface area (Å²) in [6.07, 6.45) is 0.395. The van der Waals surface area contributed by atoms with E-state index >= 15 is 0 Å². The summed E-state index contributed by atoms with van der Waals surface area (Å²) in [7, 11) is 0. The zero-order chi connectivity index (χ0) is 12.1. The Hall–Kier alpha value is -0.960. The van der Waals surface area contributed by atoms with Crippen LogP contribution < -0.4 is 5.32 Å². The molecule has 1 rings (SSSR count). The van der Waals surface area contributed by atoms with Gasteiger partial charge in [0.2, 0.25) is 0 Å². The molecule has 0 radical (unpaired) electrons. The minimum atomic E-state index is -0.450. The Morgan fingerprint density at radius 3 is 2.56 bits per heavy atom. The summed E-state index contributed by atoms with van der Waals surface area (Å²) < 4.78 is 26.9. The lowest BCUT2D eigenvalue weighted by Crippen LogP contribution is -2.22. The minimum Gasteiger partial charge on any atom is -0.316 e. The first-order valence-corrected chi connectivity index (χ1v) is 5.66. The van der Waals surface area contributed by atoms with Crippen LogP contribution in [0.1, 0.15) is 25.0 Å². The standard InChI is InChI=1S/C13H19F2N/c1-9(2)8-16-7-6-11-12(14)5-4-10(3)13(11)15/h4-5,9,16H,6-8H2,1-3H3. The Labute approximate surface area is 95.9 Å². The summed E-state index contributed by atoms with van der Waals surface area (Å²) in [5, 5.41) is 3.17. The first kappa shape index (κ1) is 13.1. The van der Waals surface area contributed by atoms with Crippen molar-refractivity contribution in [3.63, 3.8) is 0 Å². The van der Waals surface area contributed by atoms with Gasteiger partial charge in [0.25, 0.3) is 0 Å². The van der Waals surface area contributed by atoms with Gasteiger partial charge in [-0.05, 0) is 44.0 Å². The fourth-order valence-corrected chi connectivity index (χ4v) is 1.55. The zero-order valence-corrected chi connectivity index (χ0v) is 10.1. The fourth-order valence-electron chi connectivity index (χ4n) is 1.55. The second-order valence-electron chi connectivity index (χ2n) is 4.50. The summed E-state index contributed by atoms with van der Waals surface area (Å²) in [6, 6.07) is 2.80. The largest absolute Gasteiger partial charge is 0.316 e. The molecule has 0 spiro atoms. The van der Waals surface area contributed by atoms with Gasteiger partial charge in [-0.1, -0.05) is 19.9 Å². The quantitative estimate of drug-likeness (QED) is 0.762. The molecule has 0 amide bonds.